The molecular formula is C23H27N5O2. The van der Waals surface area contributed by atoms with Crippen LogP contribution >= 0.6 is 0 Å². The van der Waals surface area contributed by atoms with Crippen LogP contribution in [0.2, 0.25) is 0 Å². The van der Waals surface area contributed by atoms with Crippen LogP contribution in [0.5, 0.6) is 0 Å². The van der Waals surface area contributed by atoms with Gasteiger partial charge < -0.3 is 10.6 Å². The van der Waals surface area contributed by atoms with Crippen LogP contribution in [-0.4, -0.2) is 27.0 Å². The fourth-order valence-electron chi connectivity index (χ4n) is 3.10. The van der Waals surface area contributed by atoms with Crippen LogP contribution < -0.4 is 16.2 Å². The van der Waals surface area contributed by atoms with Gasteiger partial charge in [-0.1, -0.05) is 37.3 Å². The molecule has 0 aliphatic carbocycles. The van der Waals surface area contributed by atoms with E-state index in [1.54, 1.807) is 19.3 Å². The number of nitrogens with one attached hydrogen (secondary N) is 2. The van der Waals surface area contributed by atoms with Crippen LogP contribution in [-0.2, 0) is 30.7 Å². The van der Waals surface area contributed by atoms with Crippen LogP contribution in [0.3, 0.4) is 0 Å². The molecule has 0 spiro atoms. The monoisotopic (exact) mass is 405 g/mol. The van der Waals surface area contributed by atoms with Crippen molar-refractivity contribution >= 4 is 11.7 Å². The molecule has 3 aromatic rings. The van der Waals surface area contributed by atoms with E-state index in [0.29, 0.717) is 25.2 Å². The molecule has 1 aromatic carbocycles. The van der Waals surface area contributed by atoms with Crippen molar-refractivity contribution < 1.29 is 4.79 Å². The Kier molecular flexibility index (Phi) is 7.32. The van der Waals surface area contributed by atoms with Crippen molar-refractivity contribution in [2.75, 3.05) is 11.9 Å². The molecule has 1 amide bonds. The average molecular weight is 406 g/mol. The Labute approximate surface area is 176 Å². The first-order valence-corrected chi connectivity index (χ1v) is 10.1. The lowest BCUT2D eigenvalue weighted by atomic mass is 10.1. The Bertz CT molecular complexity index is 1050. The maximum Gasteiger partial charge on any atom is 0.293 e. The van der Waals surface area contributed by atoms with Crippen molar-refractivity contribution in [2.45, 2.75) is 39.8 Å². The minimum absolute atomic E-state index is 0.0461. The zero-order chi connectivity index (χ0) is 21.3. The van der Waals surface area contributed by atoms with E-state index in [1.165, 1.54) is 10.1 Å². The Morgan fingerprint density at radius 3 is 2.70 bits per heavy atom. The lowest BCUT2D eigenvalue weighted by molar-refractivity contribution is -0.121. The topological polar surface area (TPSA) is 88.9 Å². The number of amides is 1. The van der Waals surface area contributed by atoms with E-state index >= 15 is 0 Å². The van der Waals surface area contributed by atoms with Crippen LogP contribution in [0.4, 0.5) is 5.82 Å². The summed E-state index contributed by atoms with van der Waals surface area (Å²) in [7, 11) is 0. The van der Waals surface area contributed by atoms with Gasteiger partial charge in [-0.2, -0.15) is 0 Å². The van der Waals surface area contributed by atoms with E-state index < -0.39 is 0 Å². The number of pyridine rings is 1. The number of rotatable bonds is 9. The summed E-state index contributed by atoms with van der Waals surface area (Å²) in [6.45, 7) is 4.78. The largest absolute Gasteiger partial charge is 0.365 e. The second kappa shape index (κ2) is 10.3. The third kappa shape index (κ3) is 5.76. The molecular weight excluding hydrogens is 378 g/mol. The van der Waals surface area contributed by atoms with Crippen LogP contribution in [0.1, 0.15) is 29.4 Å². The van der Waals surface area contributed by atoms with Gasteiger partial charge in [0.1, 0.15) is 6.54 Å². The summed E-state index contributed by atoms with van der Waals surface area (Å²) in [4.78, 5) is 33.7. The summed E-state index contributed by atoms with van der Waals surface area (Å²) in [5.41, 5.74) is 3.53. The third-order valence-corrected chi connectivity index (χ3v) is 4.84. The number of hydrogen-bond donors (Lipinski definition) is 2. The summed E-state index contributed by atoms with van der Waals surface area (Å²) in [5, 5.41) is 5.95. The maximum absolute atomic E-state index is 12.8. The highest BCUT2D eigenvalue weighted by Gasteiger charge is 2.11. The predicted molar refractivity (Wildman–Crippen MR) is 117 cm³/mol. The number of benzene rings is 1. The Hall–Kier alpha value is -3.48. The molecule has 3 rings (SSSR count). The number of carbonyl (C=O) groups excluding carboxylic acids is 1. The third-order valence-electron chi connectivity index (χ3n) is 4.84. The highest BCUT2D eigenvalue weighted by atomic mass is 16.2. The van der Waals surface area contributed by atoms with Gasteiger partial charge in [0, 0.05) is 43.3 Å². The highest BCUT2D eigenvalue weighted by molar-refractivity contribution is 5.75. The molecule has 30 heavy (non-hydrogen) atoms. The predicted octanol–water partition coefficient (Wildman–Crippen LogP) is 2.48. The molecule has 0 aliphatic heterocycles. The lowest BCUT2D eigenvalue weighted by Crippen LogP contribution is -2.34. The van der Waals surface area contributed by atoms with Crippen LogP contribution in [0.25, 0.3) is 0 Å². The maximum atomic E-state index is 12.8. The Balaban J connectivity index is 1.60. The van der Waals surface area contributed by atoms with Gasteiger partial charge in [0.2, 0.25) is 5.91 Å². The number of carbonyl (C=O) groups is 1. The van der Waals surface area contributed by atoms with Crippen LogP contribution in [0, 0.1) is 6.92 Å². The zero-order valence-electron chi connectivity index (χ0n) is 17.4. The molecule has 156 valence electrons. The number of aromatic nitrogens is 3. The molecule has 2 heterocycles. The van der Waals surface area contributed by atoms with Gasteiger partial charge in [-0.15, -0.1) is 0 Å². The van der Waals surface area contributed by atoms with Crippen LogP contribution in [0.15, 0.2) is 59.7 Å². The minimum atomic E-state index is -0.306. The Morgan fingerprint density at radius 1 is 1.10 bits per heavy atom. The zero-order valence-corrected chi connectivity index (χ0v) is 17.4. The molecule has 2 aromatic heterocycles. The minimum Gasteiger partial charge on any atom is -0.365 e. The van der Waals surface area contributed by atoms with Crippen molar-refractivity contribution in [1.29, 1.82) is 0 Å². The van der Waals surface area contributed by atoms with Gasteiger partial charge in [-0.3, -0.25) is 19.1 Å². The summed E-state index contributed by atoms with van der Waals surface area (Å²) in [6.07, 6.45) is 4.96. The number of aryl methyl sites for hydroxylation is 2. The van der Waals surface area contributed by atoms with E-state index in [2.05, 4.69) is 39.7 Å². The summed E-state index contributed by atoms with van der Waals surface area (Å²) >= 11 is 0. The molecule has 0 saturated heterocycles. The smallest absolute Gasteiger partial charge is 0.293 e. The van der Waals surface area contributed by atoms with Gasteiger partial charge in [-0.05, 0) is 36.6 Å². The van der Waals surface area contributed by atoms with Gasteiger partial charge in [0.15, 0.2) is 5.82 Å². The molecule has 0 radical (unpaired) electrons. The fourth-order valence-corrected chi connectivity index (χ4v) is 3.10. The van der Waals surface area contributed by atoms with E-state index in [0.717, 1.165) is 17.7 Å². The molecule has 0 fully saturated rings. The standard InChI is InChI=1S/C23H27N5O2/c1-3-18-7-6-8-19(13-18)15-26-21(29)16-28-17(2)14-27-22(23(28)30)25-12-10-20-9-4-5-11-24-20/h4-9,11,13-14H,3,10,12,15-16H2,1-2H3,(H,25,27)(H,26,29). The molecule has 7 heteroatoms. The van der Waals surface area contributed by atoms with Crippen molar-refractivity contribution in [3.05, 3.63) is 87.7 Å². The van der Waals surface area contributed by atoms with Crippen molar-refractivity contribution in [3.8, 4) is 0 Å². The summed E-state index contributed by atoms with van der Waals surface area (Å²) in [6, 6.07) is 13.8. The van der Waals surface area contributed by atoms with Gasteiger partial charge in [0.25, 0.3) is 5.56 Å². The quantitative estimate of drug-likeness (QED) is 0.571. The lowest BCUT2D eigenvalue weighted by Gasteiger charge is -2.13. The molecule has 0 unspecified atom stereocenters. The Morgan fingerprint density at radius 2 is 1.93 bits per heavy atom. The first kappa shape index (κ1) is 21.2. The van der Waals surface area contributed by atoms with Gasteiger partial charge in [0.05, 0.1) is 0 Å². The van der Waals surface area contributed by atoms with Gasteiger partial charge >= 0.3 is 0 Å². The van der Waals surface area contributed by atoms with E-state index in [1.807, 2.05) is 30.3 Å². The van der Waals surface area contributed by atoms with E-state index in [9.17, 15) is 9.59 Å². The van der Waals surface area contributed by atoms with Crippen molar-refractivity contribution in [1.82, 2.24) is 19.9 Å². The SMILES string of the molecule is CCc1cccc(CNC(=O)Cn2c(C)cnc(NCCc3ccccn3)c2=O)c1. The molecule has 2 N–H and O–H groups in total. The summed E-state index contributed by atoms with van der Waals surface area (Å²) < 4.78 is 1.44. The average Bonchev–Trinajstić information content (AvgIpc) is 2.77. The van der Waals surface area contributed by atoms with E-state index in [4.69, 9.17) is 0 Å². The summed E-state index contributed by atoms with van der Waals surface area (Å²) in [5.74, 6) is 0.0210. The second-order valence-corrected chi connectivity index (χ2v) is 7.09. The first-order chi connectivity index (χ1) is 14.6. The van der Waals surface area contributed by atoms with Crippen molar-refractivity contribution in [3.63, 3.8) is 0 Å². The second-order valence-electron chi connectivity index (χ2n) is 7.09. The van der Waals surface area contributed by atoms with Crippen molar-refractivity contribution in [2.24, 2.45) is 0 Å². The van der Waals surface area contributed by atoms with Gasteiger partial charge in [-0.25, -0.2) is 4.98 Å². The number of anilines is 1. The molecule has 0 atom stereocenters. The highest BCUT2D eigenvalue weighted by Crippen LogP contribution is 2.06. The molecule has 0 bridgehead atoms. The normalized spacial score (nSPS) is 10.6. The molecule has 0 aliphatic rings. The fraction of sp³-hybridized carbons (Fsp3) is 0.304. The molecule has 0 saturated carbocycles. The number of nitrogens with zero attached hydrogens (tertiary/aromatic N) is 3. The molecule has 7 nitrogen and oxygen atoms in total. The first-order valence-electron chi connectivity index (χ1n) is 10.1. The van der Waals surface area contributed by atoms with E-state index in [-0.39, 0.29) is 23.8 Å². The number of hydrogen-bond acceptors (Lipinski definition) is 5.